The van der Waals surface area contributed by atoms with Crippen molar-refractivity contribution in [3.05, 3.63) is 34.1 Å². The number of carbonyl (C=O) groups excluding carboxylic acids is 1. The van der Waals surface area contributed by atoms with E-state index in [4.69, 9.17) is 5.11 Å². The van der Waals surface area contributed by atoms with Gasteiger partial charge in [0.2, 0.25) is 0 Å². The number of rotatable bonds is 6. The number of carbonyl (C=O) groups is 1. The predicted octanol–water partition coefficient (Wildman–Crippen LogP) is 2.82. The molecule has 1 aromatic carbocycles. The van der Waals surface area contributed by atoms with Crippen molar-refractivity contribution in [1.82, 2.24) is 4.90 Å². The summed E-state index contributed by atoms with van der Waals surface area (Å²) in [6.07, 6.45) is 1.82. The predicted molar refractivity (Wildman–Crippen MR) is 72.0 cm³/mol. The normalized spacial score (nSPS) is 10.4. The van der Waals surface area contributed by atoms with Crippen molar-refractivity contribution >= 4 is 21.8 Å². The second-order valence-electron chi connectivity index (χ2n) is 3.97. The third-order valence-corrected chi connectivity index (χ3v) is 3.43. The molecule has 0 spiro atoms. The molecule has 3 nitrogen and oxygen atoms in total. The minimum Gasteiger partial charge on any atom is -0.395 e. The monoisotopic (exact) mass is 317 g/mol. The van der Waals surface area contributed by atoms with Crippen LogP contribution in [0.2, 0.25) is 0 Å². The van der Waals surface area contributed by atoms with E-state index in [1.807, 2.05) is 6.92 Å². The van der Waals surface area contributed by atoms with Crippen LogP contribution in [0.25, 0.3) is 0 Å². The first-order chi connectivity index (χ1) is 8.61. The Labute approximate surface area is 115 Å². The van der Waals surface area contributed by atoms with Gasteiger partial charge in [0.25, 0.3) is 5.91 Å². The molecule has 0 aliphatic heterocycles. The average Bonchev–Trinajstić information content (AvgIpc) is 2.37. The van der Waals surface area contributed by atoms with Crippen LogP contribution in [0.3, 0.4) is 0 Å². The van der Waals surface area contributed by atoms with Gasteiger partial charge in [0.05, 0.1) is 16.6 Å². The zero-order chi connectivity index (χ0) is 13.5. The first-order valence-corrected chi connectivity index (χ1v) is 6.75. The van der Waals surface area contributed by atoms with E-state index in [1.54, 1.807) is 11.0 Å². The summed E-state index contributed by atoms with van der Waals surface area (Å²) in [7, 11) is 0. The molecule has 0 saturated carbocycles. The molecule has 0 bridgehead atoms. The van der Waals surface area contributed by atoms with Gasteiger partial charge in [-0.15, -0.1) is 0 Å². The van der Waals surface area contributed by atoms with E-state index in [0.717, 1.165) is 12.8 Å². The number of hydrogen-bond donors (Lipinski definition) is 1. The van der Waals surface area contributed by atoms with Crippen LogP contribution in [0.1, 0.15) is 30.1 Å². The molecule has 1 aromatic rings. The highest BCUT2D eigenvalue weighted by Crippen LogP contribution is 2.22. The quantitative estimate of drug-likeness (QED) is 0.876. The van der Waals surface area contributed by atoms with E-state index in [9.17, 15) is 9.18 Å². The molecule has 0 fully saturated rings. The molecule has 0 radical (unpaired) electrons. The van der Waals surface area contributed by atoms with Crippen molar-refractivity contribution in [2.75, 3.05) is 19.7 Å². The molecule has 0 aliphatic rings. The van der Waals surface area contributed by atoms with Crippen LogP contribution in [0.15, 0.2) is 22.7 Å². The standard InChI is InChI=1S/C13H17BrFNO2/c1-2-3-7-16(8-9-17)13(18)10-5-4-6-11(15)12(10)14/h4-6,17H,2-3,7-9H2,1H3. The Morgan fingerprint density at radius 3 is 2.78 bits per heavy atom. The van der Waals surface area contributed by atoms with E-state index < -0.39 is 5.82 Å². The summed E-state index contributed by atoms with van der Waals surface area (Å²) < 4.78 is 13.5. The summed E-state index contributed by atoms with van der Waals surface area (Å²) in [4.78, 5) is 13.8. The third kappa shape index (κ3) is 3.78. The van der Waals surface area contributed by atoms with Gasteiger partial charge in [0, 0.05) is 13.1 Å². The van der Waals surface area contributed by atoms with Crippen LogP contribution >= 0.6 is 15.9 Å². The summed E-state index contributed by atoms with van der Waals surface area (Å²) in [6.45, 7) is 2.77. The highest BCUT2D eigenvalue weighted by Gasteiger charge is 2.18. The number of benzene rings is 1. The summed E-state index contributed by atoms with van der Waals surface area (Å²) >= 11 is 3.08. The summed E-state index contributed by atoms with van der Waals surface area (Å²) in [5.41, 5.74) is 0.291. The Morgan fingerprint density at radius 2 is 2.17 bits per heavy atom. The lowest BCUT2D eigenvalue weighted by atomic mass is 10.2. The minimum absolute atomic E-state index is 0.0949. The van der Waals surface area contributed by atoms with Crippen LogP contribution in [0.4, 0.5) is 4.39 Å². The van der Waals surface area contributed by atoms with Gasteiger partial charge in [-0.05, 0) is 34.5 Å². The molecule has 18 heavy (non-hydrogen) atoms. The Balaban J connectivity index is 2.90. The minimum atomic E-state index is -0.458. The van der Waals surface area contributed by atoms with Crippen molar-refractivity contribution in [2.45, 2.75) is 19.8 Å². The first kappa shape index (κ1) is 15.1. The SMILES string of the molecule is CCCCN(CCO)C(=O)c1cccc(F)c1Br. The van der Waals surface area contributed by atoms with Crippen molar-refractivity contribution in [3.63, 3.8) is 0 Å². The second-order valence-corrected chi connectivity index (χ2v) is 4.76. The van der Waals surface area contributed by atoms with E-state index in [1.165, 1.54) is 12.1 Å². The summed E-state index contributed by atoms with van der Waals surface area (Å²) in [5.74, 6) is -0.718. The lowest BCUT2D eigenvalue weighted by Gasteiger charge is -2.22. The lowest BCUT2D eigenvalue weighted by molar-refractivity contribution is 0.0718. The van der Waals surface area contributed by atoms with Crippen LogP contribution in [0, 0.1) is 5.82 Å². The smallest absolute Gasteiger partial charge is 0.255 e. The number of unbranched alkanes of at least 4 members (excludes halogenated alkanes) is 1. The highest BCUT2D eigenvalue weighted by atomic mass is 79.9. The molecule has 0 unspecified atom stereocenters. The lowest BCUT2D eigenvalue weighted by Crippen LogP contribution is -2.34. The van der Waals surface area contributed by atoms with Gasteiger partial charge in [-0.2, -0.15) is 0 Å². The molecule has 0 aliphatic carbocycles. The number of aliphatic hydroxyl groups excluding tert-OH is 1. The average molecular weight is 318 g/mol. The zero-order valence-electron chi connectivity index (χ0n) is 10.3. The number of nitrogens with zero attached hydrogens (tertiary/aromatic N) is 1. The fraction of sp³-hybridized carbons (Fsp3) is 0.462. The Hall–Kier alpha value is -0.940. The molecular weight excluding hydrogens is 301 g/mol. The molecular formula is C13H17BrFNO2. The van der Waals surface area contributed by atoms with Gasteiger partial charge in [-0.1, -0.05) is 19.4 Å². The summed E-state index contributed by atoms with van der Waals surface area (Å²) in [6, 6.07) is 4.37. The fourth-order valence-corrected chi connectivity index (χ4v) is 2.06. The molecule has 0 aromatic heterocycles. The van der Waals surface area contributed by atoms with Gasteiger partial charge in [-0.25, -0.2) is 4.39 Å². The largest absolute Gasteiger partial charge is 0.395 e. The van der Waals surface area contributed by atoms with Crippen LogP contribution < -0.4 is 0 Å². The van der Waals surface area contributed by atoms with Crippen LogP contribution in [-0.4, -0.2) is 35.6 Å². The first-order valence-electron chi connectivity index (χ1n) is 5.96. The maximum Gasteiger partial charge on any atom is 0.255 e. The maximum atomic E-state index is 13.4. The Bertz CT molecular complexity index is 412. The molecule has 1 rings (SSSR count). The highest BCUT2D eigenvalue weighted by molar-refractivity contribution is 9.10. The maximum absolute atomic E-state index is 13.4. The van der Waals surface area contributed by atoms with Crippen molar-refractivity contribution in [1.29, 1.82) is 0 Å². The molecule has 100 valence electrons. The molecule has 0 heterocycles. The van der Waals surface area contributed by atoms with Gasteiger partial charge in [0.1, 0.15) is 5.82 Å². The van der Waals surface area contributed by atoms with Gasteiger partial charge in [0.15, 0.2) is 0 Å². The van der Waals surface area contributed by atoms with Gasteiger partial charge >= 0.3 is 0 Å². The van der Waals surface area contributed by atoms with Crippen molar-refractivity contribution < 1.29 is 14.3 Å². The molecule has 0 atom stereocenters. The molecule has 1 N–H and O–H groups in total. The van der Waals surface area contributed by atoms with Crippen molar-refractivity contribution in [3.8, 4) is 0 Å². The molecule has 0 saturated heterocycles. The Morgan fingerprint density at radius 1 is 1.44 bits per heavy atom. The number of aliphatic hydroxyl groups is 1. The topological polar surface area (TPSA) is 40.5 Å². The third-order valence-electron chi connectivity index (χ3n) is 2.62. The number of halogens is 2. The van der Waals surface area contributed by atoms with E-state index in [-0.39, 0.29) is 23.5 Å². The Kier molecular flexibility index (Phi) is 6.29. The van der Waals surface area contributed by atoms with E-state index in [2.05, 4.69) is 15.9 Å². The van der Waals surface area contributed by atoms with Gasteiger partial charge in [-0.3, -0.25) is 4.79 Å². The van der Waals surface area contributed by atoms with Crippen LogP contribution in [0.5, 0.6) is 0 Å². The van der Waals surface area contributed by atoms with E-state index >= 15 is 0 Å². The molecule has 5 heteroatoms. The second kappa shape index (κ2) is 7.48. The number of amides is 1. The number of hydrogen-bond acceptors (Lipinski definition) is 2. The van der Waals surface area contributed by atoms with Gasteiger partial charge < -0.3 is 10.0 Å². The van der Waals surface area contributed by atoms with Crippen LogP contribution in [-0.2, 0) is 0 Å². The summed E-state index contributed by atoms with van der Waals surface area (Å²) in [5, 5.41) is 8.98. The fourth-order valence-electron chi connectivity index (χ4n) is 1.62. The van der Waals surface area contributed by atoms with E-state index in [0.29, 0.717) is 12.1 Å². The van der Waals surface area contributed by atoms with Crippen molar-refractivity contribution in [2.24, 2.45) is 0 Å². The molecule has 1 amide bonds. The zero-order valence-corrected chi connectivity index (χ0v) is 11.9.